The van der Waals surface area contributed by atoms with Gasteiger partial charge in [-0.1, -0.05) is 45.9 Å². The molecule has 0 spiro atoms. The largest absolute Gasteiger partial charge is 0.497 e. The molecule has 0 radical (unpaired) electrons. The van der Waals surface area contributed by atoms with Crippen LogP contribution in [0.4, 0.5) is 0 Å². The minimum absolute atomic E-state index is 0.922. The first kappa shape index (κ1) is 17.1. The Kier molecular flexibility index (Phi) is 7.54. The molecule has 2 nitrogen and oxygen atoms in total. The van der Waals surface area contributed by atoms with Gasteiger partial charge >= 0.3 is 0 Å². The molecule has 0 saturated heterocycles. The topological polar surface area (TPSA) is 18.5 Å². The summed E-state index contributed by atoms with van der Waals surface area (Å²) in [6.07, 6.45) is 2.20. The lowest BCUT2D eigenvalue weighted by molar-refractivity contribution is 0.414. The van der Waals surface area contributed by atoms with Gasteiger partial charge < -0.3 is 9.47 Å². The highest BCUT2D eigenvalue weighted by Crippen LogP contribution is 2.24. The quantitative estimate of drug-likeness (QED) is 0.481. The number of rotatable bonds is 9. The highest BCUT2D eigenvalue weighted by Gasteiger charge is 1.98. The van der Waals surface area contributed by atoms with Crippen molar-refractivity contribution < 1.29 is 9.47 Å². The van der Waals surface area contributed by atoms with E-state index in [0.717, 1.165) is 35.8 Å². The average Bonchev–Trinajstić information content (AvgIpc) is 2.59. The van der Waals surface area contributed by atoms with Crippen molar-refractivity contribution in [3.63, 3.8) is 0 Å². The van der Waals surface area contributed by atoms with Gasteiger partial charge in [0.2, 0.25) is 0 Å². The lowest BCUT2D eigenvalue weighted by Gasteiger charge is -2.05. The molecule has 0 unspecified atom stereocenters. The van der Waals surface area contributed by atoms with Crippen molar-refractivity contribution in [2.75, 3.05) is 25.7 Å². The molecule has 0 aliphatic rings. The van der Waals surface area contributed by atoms with E-state index < -0.39 is 0 Å². The van der Waals surface area contributed by atoms with Gasteiger partial charge in [0.05, 0.1) is 14.2 Å². The Morgan fingerprint density at radius 1 is 0.636 bits per heavy atom. The van der Waals surface area contributed by atoms with E-state index >= 15 is 0 Å². The van der Waals surface area contributed by atoms with Crippen LogP contribution < -0.4 is 9.47 Å². The summed E-state index contributed by atoms with van der Waals surface area (Å²) >= 11 is 0. The van der Waals surface area contributed by atoms with Crippen molar-refractivity contribution in [1.29, 1.82) is 0 Å². The third kappa shape index (κ3) is 5.85. The van der Waals surface area contributed by atoms with Gasteiger partial charge in [-0.05, 0) is 48.2 Å². The molecule has 0 aliphatic heterocycles. The van der Waals surface area contributed by atoms with E-state index in [4.69, 9.17) is 9.47 Å². The van der Waals surface area contributed by atoms with E-state index in [9.17, 15) is 0 Å². The van der Waals surface area contributed by atoms with Gasteiger partial charge in [0.1, 0.15) is 11.5 Å². The van der Waals surface area contributed by atoms with Gasteiger partial charge in [0.15, 0.2) is 0 Å². The zero-order valence-corrected chi connectivity index (χ0v) is 14.7. The Morgan fingerprint density at radius 2 is 1.00 bits per heavy atom. The molecule has 0 aromatic heterocycles. The van der Waals surface area contributed by atoms with Crippen LogP contribution in [0.25, 0.3) is 0 Å². The van der Waals surface area contributed by atoms with Crippen LogP contribution in [0, 0.1) is 0 Å². The molecule has 0 fully saturated rings. The fraction of sp³-hybridized carbons (Fsp3) is 0.333. The highest BCUT2D eigenvalue weighted by atomic mass is 33.1. The van der Waals surface area contributed by atoms with E-state index in [1.807, 2.05) is 45.9 Å². The third-order valence-electron chi connectivity index (χ3n) is 3.35. The van der Waals surface area contributed by atoms with Crippen LogP contribution in [0.5, 0.6) is 11.5 Å². The molecule has 0 aliphatic carbocycles. The first-order valence-electron chi connectivity index (χ1n) is 7.32. The molecule has 0 amide bonds. The van der Waals surface area contributed by atoms with E-state index in [1.165, 1.54) is 11.1 Å². The zero-order valence-electron chi connectivity index (χ0n) is 13.1. The lowest BCUT2D eigenvalue weighted by Crippen LogP contribution is -1.90. The molecule has 2 aromatic carbocycles. The first-order valence-corrected chi connectivity index (χ1v) is 9.81. The minimum Gasteiger partial charge on any atom is -0.497 e. The highest BCUT2D eigenvalue weighted by molar-refractivity contribution is 8.76. The molecule has 4 heteroatoms. The maximum atomic E-state index is 5.17. The Bertz CT molecular complexity index is 487. The molecule has 22 heavy (non-hydrogen) atoms. The van der Waals surface area contributed by atoms with E-state index in [1.54, 1.807) is 14.2 Å². The van der Waals surface area contributed by atoms with Crippen LogP contribution >= 0.6 is 21.6 Å². The summed E-state index contributed by atoms with van der Waals surface area (Å²) in [4.78, 5) is 0. The molecule has 0 atom stereocenters. The number of methoxy groups -OCH3 is 2. The van der Waals surface area contributed by atoms with Gasteiger partial charge in [0, 0.05) is 11.5 Å². The molecule has 0 heterocycles. The van der Waals surface area contributed by atoms with E-state index in [0.29, 0.717) is 0 Å². The maximum absolute atomic E-state index is 5.17. The second-order valence-corrected chi connectivity index (χ2v) is 7.54. The summed E-state index contributed by atoms with van der Waals surface area (Å²) in [5.41, 5.74) is 2.73. The molecule has 2 aromatic rings. The average molecular weight is 335 g/mol. The van der Waals surface area contributed by atoms with Crippen LogP contribution in [-0.2, 0) is 12.8 Å². The van der Waals surface area contributed by atoms with Crippen LogP contribution in [0.15, 0.2) is 48.5 Å². The molecule has 118 valence electrons. The minimum atomic E-state index is 0.922. The molecule has 0 N–H and O–H groups in total. The fourth-order valence-corrected chi connectivity index (χ4v) is 4.10. The second-order valence-electron chi connectivity index (χ2n) is 4.84. The van der Waals surface area contributed by atoms with Crippen molar-refractivity contribution in [3.05, 3.63) is 59.7 Å². The predicted molar refractivity (Wildman–Crippen MR) is 98.3 cm³/mol. The molecular formula is C18H22O2S2. The number of hydrogen-bond donors (Lipinski definition) is 0. The summed E-state index contributed by atoms with van der Waals surface area (Å²) in [5, 5.41) is 0. The molecular weight excluding hydrogens is 312 g/mol. The third-order valence-corrected chi connectivity index (χ3v) is 5.76. The van der Waals surface area contributed by atoms with Crippen molar-refractivity contribution >= 4 is 21.6 Å². The predicted octanol–water partition coefficient (Wildman–Crippen LogP) is 4.87. The standard InChI is InChI=1S/C18H22O2S2/c1-19-17-7-3-15(4-8-17)11-13-21-22-14-12-16-5-9-18(20-2)10-6-16/h3-10H,11-14H2,1-2H3. The summed E-state index contributed by atoms with van der Waals surface area (Å²) < 4.78 is 10.3. The van der Waals surface area contributed by atoms with Gasteiger partial charge in [-0.3, -0.25) is 0 Å². The van der Waals surface area contributed by atoms with Crippen molar-refractivity contribution in [2.24, 2.45) is 0 Å². The van der Waals surface area contributed by atoms with Crippen molar-refractivity contribution in [2.45, 2.75) is 12.8 Å². The van der Waals surface area contributed by atoms with Crippen LogP contribution in [0.2, 0.25) is 0 Å². The van der Waals surface area contributed by atoms with Crippen LogP contribution in [0.3, 0.4) is 0 Å². The van der Waals surface area contributed by atoms with Crippen molar-refractivity contribution in [3.8, 4) is 11.5 Å². The van der Waals surface area contributed by atoms with Gasteiger partial charge in [-0.25, -0.2) is 0 Å². The number of hydrogen-bond acceptors (Lipinski definition) is 4. The maximum Gasteiger partial charge on any atom is 0.118 e. The Balaban J connectivity index is 1.58. The Hall–Kier alpha value is -1.26. The summed E-state index contributed by atoms with van der Waals surface area (Å²) in [7, 11) is 7.29. The Labute approximate surface area is 141 Å². The molecule has 0 saturated carbocycles. The lowest BCUT2D eigenvalue weighted by atomic mass is 10.2. The normalized spacial score (nSPS) is 10.5. The molecule has 2 rings (SSSR count). The summed E-state index contributed by atoms with van der Waals surface area (Å²) in [6, 6.07) is 16.7. The first-order chi connectivity index (χ1) is 10.8. The van der Waals surface area contributed by atoms with Crippen LogP contribution in [-0.4, -0.2) is 25.7 Å². The smallest absolute Gasteiger partial charge is 0.118 e. The van der Waals surface area contributed by atoms with Crippen LogP contribution in [0.1, 0.15) is 11.1 Å². The van der Waals surface area contributed by atoms with Gasteiger partial charge in [-0.2, -0.15) is 0 Å². The monoisotopic (exact) mass is 334 g/mol. The number of ether oxygens (including phenoxy) is 2. The second kappa shape index (κ2) is 9.70. The Morgan fingerprint density at radius 3 is 1.32 bits per heavy atom. The fourth-order valence-electron chi connectivity index (χ4n) is 2.02. The number of benzene rings is 2. The zero-order chi connectivity index (χ0) is 15.6. The summed E-state index contributed by atoms with van der Waals surface area (Å²) in [6.45, 7) is 0. The van der Waals surface area contributed by atoms with Crippen molar-refractivity contribution in [1.82, 2.24) is 0 Å². The summed E-state index contributed by atoms with van der Waals surface area (Å²) in [5.74, 6) is 4.12. The molecule has 0 bridgehead atoms. The number of aryl methyl sites for hydroxylation is 2. The SMILES string of the molecule is COc1ccc(CCSSCCc2ccc(OC)cc2)cc1. The van der Waals surface area contributed by atoms with E-state index in [-0.39, 0.29) is 0 Å². The van der Waals surface area contributed by atoms with Gasteiger partial charge in [0.25, 0.3) is 0 Å². The van der Waals surface area contributed by atoms with Gasteiger partial charge in [-0.15, -0.1) is 0 Å². The van der Waals surface area contributed by atoms with E-state index in [2.05, 4.69) is 24.3 Å².